The normalized spacial score (nSPS) is 12.6. The van der Waals surface area contributed by atoms with Crippen molar-refractivity contribution in [1.29, 1.82) is 0 Å². The minimum absolute atomic E-state index is 0.0162. The van der Waals surface area contributed by atoms with Crippen molar-refractivity contribution < 1.29 is 10.0 Å². The average Bonchev–Trinajstić information content (AvgIpc) is 2.77. The third kappa shape index (κ3) is 3.11. The van der Waals surface area contributed by atoms with Crippen LogP contribution in [0.5, 0.6) is 0 Å². The molecule has 0 saturated carbocycles. The Morgan fingerprint density at radius 2 is 1.95 bits per heavy atom. The van der Waals surface area contributed by atoms with Gasteiger partial charge in [0.2, 0.25) is 0 Å². The number of aliphatic hydroxyl groups is 1. The molecule has 2 rings (SSSR count). The van der Waals surface area contributed by atoms with Crippen molar-refractivity contribution in [3.8, 4) is 0 Å². The molecular weight excluding hydrogens is 270 g/mol. The number of nitrogens with zero attached hydrogens (tertiary/aromatic N) is 3. The standard InChI is InChI=1S/C15H19N3O3/c1-10(2)14-15(18(20)21)12(17(3)16-14)9-13(19)11-7-5-4-6-8-11/h4-8,10,13,19H,9H2,1-3H3. The number of nitro groups is 1. The van der Waals surface area contributed by atoms with Crippen molar-refractivity contribution in [3.05, 3.63) is 57.4 Å². The van der Waals surface area contributed by atoms with Crippen LogP contribution in [0.15, 0.2) is 30.3 Å². The fraction of sp³-hybridized carbons (Fsp3) is 0.400. The van der Waals surface area contributed by atoms with Gasteiger partial charge in [0.05, 0.1) is 11.0 Å². The molecule has 1 unspecified atom stereocenters. The summed E-state index contributed by atoms with van der Waals surface area (Å²) >= 11 is 0. The number of hydrogen-bond acceptors (Lipinski definition) is 4. The Morgan fingerprint density at radius 1 is 1.33 bits per heavy atom. The van der Waals surface area contributed by atoms with E-state index in [-0.39, 0.29) is 18.0 Å². The van der Waals surface area contributed by atoms with E-state index in [2.05, 4.69) is 5.10 Å². The highest BCUT2D eigenvalue weighted by atomic mass is 16.6. The quantitative estimate of drug-likeness (QED) is 0.678. The monoisotopic (exact) mass is 289 g/mol. The second-order valence-corrected chi connectivity index (χ2v) is 5.35. The molecule has 0 aliphatic carbocycles. The van der Waals surface area contributed by atoms with Crippen molar-refractivity contribution in [3.63, 3.8) is 0 Å². The number of aliphatic hydroxyl groups excluding tert-OH is 1. The number of rotatable bonds is 5. The van der Waals surface area contributed by atoms with E-state index in [1.807, 2.05) is 32.0 Å². The predicted molar refractivity (Wildman–Crippen MR) is 79.1 cm³/mol. The van der Waals surface area contributed by atoms with E-state index >= 15 is 0 Å². The van der Waals surface area contributed by atoms with Gasteiger partial charge in [0.25, 0.3) is 0 Å². The van der Waals surface area contributed by atoms with Gasteiger partial charge in [-0.05, 0) is 5.56 Å². The third-order valence-electron chi connectivity index (χ3n) is 3.46. The topological polar surface area (TPSA) is 81.2 Å². The minimum Gasteiger partial charge on any atom is -0.388 e. The maximum atomic E-state index is 11.3. The van der Waals surface area contributed by atoms with E-state index in [0.717, 1.165) is 5.56 Å². The van der Waals surface area contributed by atoms with E-state index in [1.165, 1.54) is 4.68 Å². The lowest BCUT2D eigenvalue weighted by atomic mass is 10.0. The summed E-state index contributed by atoms with van der Waals surface area (Å²) in [5.74, 6) is -0.0424. The molecule has 2 aromatic rings. The van der Waals surface area contributed by atoms with Gasteiger partial charge in [0, 0.05) is 19.4 Å². The molecule has 0 radical (unpaired) electrons. The zero-order chi connectivity index (χ0) is 15.6. The van der Waals surface area contributed by atoms with E-state index in [1.54, 1.807) is 19.2 Å². The highest BCUT2D eigenvalue weighted by Gasteiger charge is 2.29. The van der Waals surface area contributed by atoms with Crippen molar-refractivity contribution >= 4 is 5.69 Å². The molecule has 1 aromatic heterocycles. The SMILES string of the molecule is CC(C)c1nn(C)c(CC(O)c2ccccc2)c1[N+](=O)[O-]. The molecule has 0 spiro atoms. The van der Waals surface area contributed by atoms with E-state index in [0.29, 0.717) is 11.4 Å². The van der Waals surface area contributed by atoms with Crippen molar-refractivity contribution in [2.45, 2.75) is 32.3 Å². The number of hydrogen-bond donors (Lipinski definition) is 1. The van der Waals surface area contributed by atoms with Crippen LogP contribution in [0.1, 0.15) is 42.8 Å². The van der Waals surface area contributed by atoms with Crippen LogP contribution in [0, 0.1) is 10.1 Å². The van der Waals surface area contributed by atoms with Crippen molar-refractivity contribution in [2.75, 3.05) is 0 Å². The van der Waals surface area contributed by atoms with Gasteiger partial charge < -0.3 is 5.11 Å². The molecule has 0 saturated heterocycles. The third-order valence-corrected chi connectivity index (χ3v) is 3.46. The van der Waals surface area contributed by atoms with Crippen LogP contribution < -0.4 is 0 Å². The van der Waals surface area contributed by atoms with Gasteiger partial charge in [0.1, 0.15) is 11.4 Å². The maximum absolute atomic E-state index is 11.3. The highest BCUT2D eigenvalue weighted by molar-refractivity contribution is 5.43. The Bertz CT molecular complexity index is 635. The Hall–Kier alpha value is -2.21. The van der Waals surface area contributed by atoms with E-state index in [4.69, 9.17) is 0 Å². The highest BCUT2D eigenvalue weighted by Crippen LogP contribution is 2.31. The van der Waals surface area contributed by atoms with Crippen LogP contribution in [0.4, 0.5) is 5.69 Å². The van der Waals surface area contributed by atoms with Crippen molar-refractivity contribution in [2.24, 2.45) is 7.05 Å². The molecule has 0 aliphatic heterocycles. The zero-order valence-corrected chi connectivity index (χ0v) is 12.4. The summed E-state index contributed by atoms with van der Waals surface area (Å²) < 4.78 is 1.50. The van der Waals surface area contributed by atoms with Gasteiger partial charge in [-0.1, -0.05) is 44.2 Å². The molecule has 1 N–H and O–H groups in total. The number of aromatic nitrogens is 2. The molecule has 112 valence electrons. The molecule has 1 aromatic carbocycles. The number of aryl methyl sites for hydroxylation is 1. The van der Waals surface area contributed by atoms with Crippen LogP contribution >= 0.6 is 0 Å². The largest absolute Gasteiger partial charge is 0.388 e. The smallest absolute Gasteiger partial charge is 0.313 e. The van der Waals surface area contributed by atoms with Crippen LogP contribution in [0.3, 0.4) is 0 Å². The second-order valence-electron chi connectivity index (χ2n) is 5.35. The molecule has 1 heterocycles. The Balaban J connectivity index is 2.38. The van der Waals surface area contributed by atoms with Crippen LogP contribution in [-0.4, -0.2) is 19.8 Å². The Kier molecular flexibility index (Phi) is 4.37. The summed E-state index contributed by atoms with van der Waals surface area (Å²) in [6.07, 6.45) is -0.628. The van der Waals surface area contributed by atoms with Gasteiger partial charge in [-0.2, -0.15) is 5.10 Å². The molecule has 0 aliphatic rings. The Morgan fingerprint density at radius 3 is 2.48 bits per heavy atom. The second kappa shape index (κ2) is 6.05. The van der Waals surface area contributed by atoms with Gasteiger partial charge in [-0.3, -0.25) is 14.8 Å². The summed E-state index contributed by atoms with van der Waals surface area (Å²) in [6, 6.07) is 9.12. The lowest BCUT2D eigenvalue weighted by molar-refractivity contribution is -0.386. The number of benzene rings is 1. The van der Waals surface area contributed by atoms with Crippen LogP contribution in [0.2, 0.25) is 0 Å². The first-order valence-electron chi connectivity index (χ1n) is 6.85. The maximum Gasteiger partial charge on any atom is 0.313 e. The lowest BCUT2D eigenvalue weighted by Gasteiger charge is -2.10. The van der Waals surface area contributed by atoms with Crippen molar-refractivity contribution in [1.82, 2.24) is 9.78 Å². The molecule has 0 fully saturated rings. The summed E-state index contributed by atoms with van der Waals surface area (Å²) in [7, 11) is 1.67. The lowest BCUT2D eigenvalue weighted by Crippen LogP contribution is -2.08. The first-order valence-corrected chi connectivity index (χ1v) is 6.85. The van der Waals surface area contributed by atoms with Crippen LogP contribution in [-0.2, 0) is 13.5 Å². The average molecular weight is 289 g/mol. The van der Waals surface area contributed by atoms with Gasteiger partial charge in [-0.25, -0.2) is 0 Å². The zero-order valence-electron chi connectivity index (χ0n) is 12.4. The fourth-order valence-corrected chi connectivity index (χ4v) is 2.36. The summed E-state index contributed by atoms with van der Waals surface area (Å²) in [4.78, 5) is 10.9. The van der Waals surface area contributed by atoms with Gasteiger partial charge >= 0.3 is 5.69 Å². The predicted octanol–water partition coefficient (Wildman–Crippen LogP) is 2.73. The minimum atomic E-state index is -0.791. The summed E-state index contributed by atoms with van der Waals surface area (Å²) in [5, 5.41) is 25.9. The van der Waals surface area contributed by atoms with Gasteiger partial charge in [-0.15, -0.1) is 0 Å². The van der Waals surface area contributed by atoms with E-state index < -0.39 is 11.0 Å². The van der Waals surface area contributed by atoms with Gasteiger partial charge in [0.15, 0.2) is 0 Å². The first kappa shape index (κ1) is 15.2. The summed E-state index contributed by atoms with van der Waals surface area (Å²) in [5.41, 5.74) is 1.65. The molecule has 6 heteroatoms. The molecule has 6 nitrogen and oxygen atoms in total. The molecule has 0 bridgehead atoms. The van der Waals surface area contributed by atoms with Crippen LogP contribution in [0.25, 0.3) is 0 Å². The first-order chi connectivity index (χ1) is 9.91. The summed E-state index contributed by atoms with van der Waals surface area (Å²) in [6.45, 7) is 3.74. The molecule has 0 amide bonds. The molecule has 1 atom stereocenters. The van der Waals surface area contributed by atoms with E-state index in [9.17, 15) is 15.2 Å². The Labute approximate surface area is 123 Å². The molecule has 21 heavy (non-hydrogen) atoms. The fourth-order valence-electron chi connectivity index (χ4n) is 2.36. The molecular formula is C15H19N3O3.